The molecule has 6 nitrogen and oxygen atoms in total. The van der Waals surface area contributed by atoms with Gasteiger partial charge in [-0.3, -0.25) is 4.79 Å². The summed E-state index contributed by atoms with van der Waals surface area (Å²) in [5, 5.41) is 11.5. The molecule has 1 saturated carbocycles. The minimum Gasteiger partial charge on any atom is -0.346 e. The van der Waals surface area contributed by atoms with E-state index in [0.717, 1.165) is 31.8 Å². The molecule has 0 spiro atoms. The molecular weight excluding hydrogens is 314 g/mol. The number of carbonyl (C=O) groups is 1. The third-order valence-electron chi connectivity index (χ3n) is 5.80. The van der Waals surface area contributed by atoms with Crippen LogP contribution in [0.15, 0.2) is 6.33 Å². The maximum Gasteiger partial charge on any atom is 0.220 e. The second-order valence-electron chi connectivity index (χ2n) is 7.81. The van der Waals surface area contributed by atoms with Gasteiger partial charge >= 0.3 is 0 Å². The average molecular weight is 348 g/mol. The van der Waals surface area contributed by atoms with E-state index in [0.29, 0.717) is 18.4 Å². The van der Waals surface area contributed by atoms with Crippen LogP contribution < -0.4 is 5.32 Å². The first kappa shape index (κ1) is 18.4. The van der Waals surface area contributed by atoms with Crippen LogP contribution >= 0.6 is 0 Å². The normalized spacial score (nSPS) is 21.5. The number of likely N-dealkylation sites (tertiary alicyclic amines) is 1. The summed E-state index contributed by atoms with van der Waals surface area (Å²) in [5.41, 5.74) is 0. The zero-order chi connectivity index (χ0) is 17.6. The maximum atomic E-state index is 12.5. The Labute approximate surface area is 151 Å². The van der Waals surface area contributed by atoms with Crippen LogP contribution in [0.25, 0.3) is 0 Å². The second-order valence-corrected chi connectivity index (χ2v) is 7.81. The van der Waals surface area contributed by atoms with Crippen LogP contribution in [-0.4, -0.2) is 45.2 Å². The Hall–Kier alpha value is -1.43. The summed E-state index contributed by atoms with van der Waals surface area (Å²) in [6.45, 7) is 7.71. The molecule has 1 aliphatic carbocycles. The predicted molar refractivity (Wildman–Crippen MR) is 98.2 cm³/mol. The highest BCUT2D eigenvalue weighted by molar-refractivity contribution is 5.76. The van der Waals surface area contributed by atoms with Crippen molar-refractivity contribution in [3.05, 3.63) is 12.2 Å². The summed E-state index contributed by atoms with van der Waals surface area (Å²) < 4.78 is 2.18. The number of nitrogens with one attached hydrogen (secondary N) is 1. The Balaban J connectivity index is 1.47. The molecule has 1 unspecified atom stereocenters. The van der Waals surface area contributed by atoms with E-state index in [-0.39, 0.29) is 11.9 Å². The minimum atomic E-state index is -0.0734. The number of piperidine rings is 1. The van der Waals surface area contributed by atoms with Crippen molar-refractivity contribution in [3.63, 3.8) is 0 Å². The van der Waals surface area contributed by atoms with Gasteiger partial charge < -0.3 is 14.8 Å². The van der Waals surface area contributed by atoms with E-state index < -0.39 is 0 Å². The molecule has 2 heterocycles. The lowest BCUT2D eigenvalue weighted by atomic mass is 9.93. The van der Waals surface area contributed by atoms with Crippen LogP contribution in [-0.2, 0) is 4.79 Å². The molecule has 2 fully saturated rings. The van der Waals surface area contributed by atoms with E-state index in [9.17, 15) is 4.79 Å². The summed E-state index contributed by atoms with van der Waals surface area (Å²) in [6.07, 6.45) is 10.9. The lowest BCUT2D eigenvalue weighted by molar-refractivity contribution is -0.123. The van der Waals surface area contributed by atoms with Gasteiger partial charge in [0.05, 0.1) is 6.04 Å². The first-order valence-electron chi connectivity index (χ1n) is 10.1. The fourth-order valence-electron chi connectivity index (χ4n) is 4.38. The second kappa shape index (κ2) is 8.79. The van der Waals surface area contributed by atoms with Gasteiger partial charge in [0.2, 0.25) is 5.91 Å². The van der Waals surface area contributed by atoms with Crippen LogP contribution in [0.2, 0.25) is 0 Å². The van der Waals surface area contributed by atoms with Crippen molar-refractivity contribution in [1.82, 2.24) is 25.0 Å². The molecule has 6 heteroatoms. The highest BCUT2D eigenvalue weighted by Gasteiger charge is 2.25. The number of nitrogens with zero attached hydrogens (tertiary/aromatic N) is 4. The van der Waals surface area contributed by atoms with E-state index in [1.54, 1.807) is 0 Å². The SMILES string of the molecule is CCCN1CCC(CC(=O)NC(C)c2nncn2C2CCCC2)CC1. The van der Waals surface area contributed by atoms with Gasteiger partial charge in [0.25, 0.3) is 0 Å². The van der Waals surface area contributed by atoms with Crippen molar-refractivity contribution in [2.45, 2.75) is 77.3 Å². The standard InChI is InChI=1S/C19H33N5O/c1-3-10-23-11-8-16(9-12-23)13-18(25)21-15(2)19-22-20-14-24(19)17-6-4-5-7-17/h14-17H,3-13H2,1-2H3,(H,21,25). The van der Waals surface area contributed by atoms with Crippen molar-refractivity contribution >= 4 is 5.91 Å². The minimum absolute atomic E-state index is 0.0734. The molecule has 140 valence electrons. The fraction of sp³-hybridized carbons (Fsp3) is 0.842. The van der Waals surface area contributed by atoms with Crippen LogP contribution in [0.4, 0.5) is 0 Å². The number of hydrogen-bond acceptors (Lipinski definition) is 4. The number of aromatic nitrogens is 3. The monoisotopic (exact) mass is 347 g/mol. The maximum absolute atomic E-state index is 12.5. The molecular formula is C19H33N5O. The number of amides is 1. The molecule has 1 aromatic heterocycles. The van der Waals surface area contributed by atoms with Crippen molar-refractivity contribution in [3.8, 4) is 0 Å². The van der Waals surface area contributed by atoms with E-state index in [1.807, 2.05) is 13.3 Å². The van der Waals surface area contributed by atoms with Crippen LogP contribution in [0.1, 0.15) is 83.1 Å². The molecule has 0 bridgehead atoms. The molecule has 3 rings (SSSR count). The van der Waals surface area contributed by atoms with Crippen molar-refractivity contribution < 1.29 is 4.79 Å². The Morgan fingerprint density at radius 2 is 2.00 bits per heavy atom. The summed E-state index contributed by atoms with van der Waals surface area (Å²) in [4.78, 5) is 15.0. The van der Waals surface area contributed by atoms with Crippen molar-refractivity contribution in [1.29, 1.82) is 0 Å². The third kappa shape index (κ3) is 4.81. The molecule has 25 heavy (non-hydrogen) atoms. The van der Waals surface area contributed by atoms with Gasteiger partial charge in [-0.05, 0) is 64.6 Å². The molecule has 0 aromatic carbocycles. The van der Waals surface area contributed by atoms with Gasteiger partial charge in [-0.15, -0.1) is 10.2 Å². The lowest BCUT2D eigenvalue weighted by Gasteiger charge is -2.31. The number of rotatable bonds is 7. The molecule has 1 N–H and O–H groups in total. The molecule has 0 radical (unpaired) electrons. The lowest BCUT2D eigenvalue weighted by Crippen LogP contribution is -2.37. The average Bonchev–Trinajstić information content (AvgIpc) is 3.28. The Morgan fingerprint density at radius 1 is 1.28 bits per heavy atom. The zero-order valence-electron chi connectivity index (χ0n) is 15.8. The summed E-state index contributed by atoms with van der Waals surface area (Å²) >= 11 is 0. The van der Waals surface area contributed by atoms with Gasteiger partial charge in [-0.25, -0.2) is 0 Å². The van der Waals surface area contributed by atoms with Gasteiger partial charge in [-0.1, -0.05) is 19.8 Å². The highest BCUT2D eigenvalue weighted by atomic mass is 16.1. The first-order chi connectivity index (χ1) is 12.2. The molecule has 2 aliphatic rings. The molecule has 1 aliphatic heterocycles. The number of hydrogen-bond donors (Lipinski definition) is 1. The van der Waals surface area contributed by atoms with Crippen molar-refractivity contribution in [2.24, 2.45) is 5.92 Å². The summed E-state index contributed by atoms with van der Waals surface area (Å²) in [7, 11) is 0. The van der Waals surface area contributed by atoms with Gasteiger partial charge in [-0.2, -0.15) is 0 Å². The van der Waals surface area contributed by atoms with E-state index in [1.165, 1.54) is 38.6 Å². The zero-order valence-corrected chi connectivity index (χ0v) is 15.8. The number of carbonyl (C=O) groups excluding carboxylic acids is 1. The smallest absolute Gasteiger partial charge is 0.220 e. The van der Waals surface area contributed by atoms with E-state index in [4.69, 9.17) is 0 Å². The molecule has 1 saturated heterocycles. The first-order valence-corrected chi connectivity index (χ1v) is 10.1. The van der Waals surface area contributed by atoms with E-state index >= 15 is 0 Å². The van der Waals surface area contributed by atoms with Gasteiger partial charge in [0.1, 0.15) is 6.33 Å². The van der Waals surface area contributed by atoms with Crippen molar-refractivity contribution in [2.75, 3.05) is 19.6 Å². The summed E-state index contributed by atoms with van der Waals surface area (Å²) in [6, 6.07) is 0.433. The quantitative estimate of drug-likeness (QED) is 0.823. The Kier molecular flexibility index (Phi) is 6.45. The molecule has 1 aromatic rings. The van der Waals surface area contributed by atoms with Gasteiger partial charge in [0.15, 0.2) is 5.82 Å². The topological polar surface area (TPSA) is 63.1 Å². The van der Waals surface area contributed by atoms with Crippen LogP contribution in [0.5, 0.6) is 0 Å². The van der Waals surface area contributed by atoms with Gasteiger partial charge in [0, 0.05) is 12.5 Å². The third-order valence-corrected chi connectivity index (χ3v) is 5.80. The molecule has 1 amide bonds. The predicted octanol–water partition coefficient (Wildman–Crippen LogP) is 3.08. The Morgan fingerprint density at radius 3 is 2.68 bits per heavy atom. The Bertz CT molecular complexity index is 544. The largest absolute Gasteiger partial charge is 0.346 e. The van der Waals surface area contributed by atoms with Crippen LogP contribution in [0, 0.1) is 5.92 Å². The van der Waals surface area contributed by atoms with Crippen LogP contribution in [0.3, 0.4) is 0 Å². The summed E-state index contributed by atoms with van der Waals surface area (Å²) in [5.74, 6) is 1.58. The molecule has 1 atom stereocenters. The fourth-order valence-corrected chi connectivity index (χ4v) is 4.38. The highest BCUT2D eigenvalue weighted by Crippen LogP contribution is 2.31. The van der Waals surface area contributed by atoms with E-state index in [2.05, 4.69) is 31.9 Å².